The fourth-order valence-corrected chi connectivity index (χ4v) is 2.46. The number of hydrogen-bond donors (Lipinski definition) is 1. The van der Waals surface area contributed by atoms with E-state index in [-0.39, 0.29) is 0 Å². The fraction of sp³-hybridized carbons (Fsp3) is 0.353. The maximum atomic E-state index is 10.6. The summed E-state index contributed by atoms with van der Waals surface area (Å²) in [5.74, 6) is 0. The molecule has 1 N–H and O–H groups in total. The second-order valence-electron chi connectivity index (χ2n) is 5.33. The van der Waals surface area contributed by atoms with Crippen LogP contribution in [-0.4, -0.2) is 15.7 Å². The molecule has 1 atom stereocenters. The molecule has 19 heavy (non-hydrogen) atoms. The van der Waals surface area contributed by atoms with Crippen LogP contribution in [0.15, 0.2) is 48.8 Å². The number of rotatable bonds is 5. The molecule has 1 heterocycles. The number of benzene rings is 1. The number of hydrogen-bond acceptors (Lipinski definition) is 2. The van der Waals surface area contributed by atoms with Crippen molar-refractivity contribution in [3.05, 3.63) is 65.5 Å². The maximum absolute atomic E-state index is 10.6. The first-order chi connectivity index (χ1) is 9.11. The van der Waals surface area contributed by atoms with Gasteiger partial charge >= 0.3 is 0 Å². The Hall–Kier alpha value is -1.67. The van der Waals surface area contributed by atoms with Crippen molar-refractivity contribution in [1.29, 1.82) is 0 Å². The predicted octanol–water partition coefficient (Wildman–Crippen LogP) is 3.18. The van der Waals surface area contributed by atoms with Gasteiger partial charge in [-0.25, -0.2) is 0 Å². The van der Waals surface area contributed by atoms with Crippen LogP contribution in [0.25, 0.3) is 0 Å². The molecular formula is C17H21NO. The van der Waals surface area contributed by atoms with E-state index in [9.17, 15) is 5.11 Å². The molecule has 0 aliphatic rings. The van der Waals surface area contributed by atoms with Gasteiger partial charge in [0.15, 0.2) is 0 Å². The maximum Gasteiger partial charge on any atom is 0.0700 e. The third-order valence-electron chi connectivity index (χ3n) is 3.38. The first-order valence-electron chi connectivity index (χ1n) is 6.79. The van der Waals surface area contributed by atoms with Crippen molar-refractivity contribution in [3.63, 3.8) is 0 Å². The average molecular weight is 255 g/mol. The summed E-state index contributed by atoms with van der Waals surface area (Å²) >= 11 is 0. The molecule has 2 nitrogen and oxygen atoms in total. The molecule has 1 unspecified atom stereocenters. The van der Waals surface area contributed by atoms with E-state index in [1.165, 1.54) is 16.7 Å². The Morgan fingerprint density at radius 1 is 1.05 bits per heavy atom. The lowest BCUT2D eigenvalue weighted by molar-refractivity contribution is 0.0606. The van der Waals surface area contributed by atoms with Gasteiger partial charge in [0, 0.05) is 25.2 Å². The molecule has 0 radical (unpaired) electrons. The Balaban J connectivity index is 2.12. The van der Waals surface area contributed by atoms with Gasteiger partial charge in [-0.3, -0.25) is 4.98 Å². The van der Waals surface area contributed by atoms with E-state index in [2.05, 4.69) is 24.0 Å². The molecule has 0 bridgehead atoms. The van der Waals surface area contributed by atoms with Crippen molar-refractivity contribution in [2.75, 3.05) is 0 Å². The number of aryl methyl sites for hydroxylation is 1. The minimum Gasteiger partial charge on any atom is -0.389 e. The lowest BCUT2D eigenvalue weighted by Gasteiger charge is -2.24. The van der Waals surface area contributed by atoms with E-state index in [1.807, 2.05) is 37.4 Å². The highest BCUT2D eigenvalue weighted by atomic mass is 16.3. The van der Waals surface area contributed by atoms with Crippen LogP contribution in [0, 0.1) is 0 Å². The molecule has 0 aliphatic carbocycles. The minimum absolute atomic E-state index is 0.660. The topological polar surface area (TPSA) is 33.1 Å². The summed E-state index contributed by atoms with van der Waals surface area (Å²) in [6.45, 7) is 4.02. The normalized spacial score (nSPS) is 14.1. The summed E-state index contributed by atoms with van der Waals surface area (Å²) in [5.41, 5.74) is 2.85. The third kappa shape index (κ3) is 3.90. The lowest BCUT2D eigenvalue weighted by Crippen LogP contribution is -2.30. The van der Waals surface area contributed by atoms with Crippen LogP contribution >= 0.6 is 0 Å². The molecule has 0 amide bonds. The lowest BCUT2D eigenvalue weighted by atomic mass is 9.88. The standard InChI is InChI=1S/C17H21NO/c1-3-15-13-18-10-9-16(15)12-17(2,19)11-14-7-5-4-6-8-14/h4-10,13,19H,3,11-12H2,1-2H3. The molecule has 0 aliphatic heterocycles. The van der Waals surface area contributed by atoms with E-state index in [4.69, 9.17) is 0 Å². The zero-order chi connectivity index (χ0) is 13.7. The number of aliphatic hydroxyl groups is 1. The second-order valence-corrected chi connectivity index (χ2v) is 5.33. The minimum atomic E-state index is -0.730. The van der Waals surface area contributed by atoms with Crippen LogP contribution in [-0.2, 0) is 19.3 Å². The fourth-order valence-electron chi connectivity index (χ4n) is 2.46. The second kappa shape index (κ2) is 5.98. The number of pyridine rings is 1. The van der Waals surface area contributed by atoms with Gasteiger partial charge in [-0.15, -0.1) is 0 Å². The Morgan fingerprint density at radius 3 is 2.47 bits per heavy atom. The molecule has 1 aromatic heterocycles. The summed E-state index contributed by atoms with van der Waals surface area (Å²) in [7, 11) is 0. The Bertz CT molecular complexity index is 520. The molecular weight excluding hydrogens is 234 g/mol. The largest absolute Gasteiger partial charge is 0.389 e. The van der Waals surface area contributed by atoms with Crippen molar-refractivity contribution >= 4 is 0 Å². The van der Waals surface area contributed by atoms with Crippen LogP contribution < -0.4 is 0 Å². The summed E-state index contributed by atoms with van der Waals surface area (Å²) in [6.07, 6.45) is 5.97. The summed E-state index contributed by atoms with van der Waals surface area (Å²) in [4.78, 5) is 4.15. The summed E-state index contributed by atoms with van der Waals surface area (Å²) < 4.78 is 0. The van der Waals surface area contributed by atoms with Gasteiger partial charge in [-0.05, 0) is 36.1 Å². The van der Waals surface area contributed by atoms with Crippen LogP contribution in [0.5, 0.6) is 0 Å². The zero-order valence-corrected chi connectivity index (χ0v) is 11.6. The molecule has 0 fully saturated rings. The van der Waals surface area contributed by atoms with Gasteiger partial charge in [0.1, 0.15) is 0 Å². The van der Waals surface area contributed by atoms with Crippen molar-refractivity contribution in [1.82, 2.24) is 4.98 Å². The molecule has 2 aromatic rings. The van der Waals surface area contributed by atoms with Gasteiger partial charge in [0.25, 0.3) is 0 Å². The SMILES string of the molecule is CCc1cnccc1CC(C)(O)Cc1ccccc1. The average Bonchev–Trinajstić information content (AvgIpc) is 2.39. The van der Waals surface area contributed by atoms with E-state index in [1.54, 1.807) is 6.20 Å². The molecule has 2 rings (SSSR count). The van der Waals surface area contributed by atoms with E-state index >= 15 is 0 Å². The highest BCUT2D eigenvalue weighted by Gasteiger charge is 2.22. The van der Waals surface area contributed by atoms with Gasteiger partial charge in [-0.1, -0.05) is 37.3 Å². The van der Waals surface area contributed by atoms with Gasteiger partial charge in [-0.2, -0.15) is 0 Å². The highest BCUT2D eigenvalue weighted by Crippen LogP contribution is 2.20. The summed E-state index contributed by atoms with van der Waals surface area (Å²) in [5, 5.41) is 10.6. The quantitative estimate of drug-likeness (QED) is 0.890. The van der Waals surface area contributed by atoms with Gasteiger partial charge in [0.2, 0.25) is 0 Å². The number of aromatic nitrogens is 1. The van der Waals surface area contributed by atoms with E-state index in [0.29, 0.717) is 12.8 Å². The molecule has 0 saturated heterocycles. The van der Waals surface area contributed by atoms with Crippen molar-refractivity contribution in [3.8, 4) is 0 Å². The Labute approximate surface area is 115 Å². The Morgan fingerprint density at radius 2 is 1.79 bits per heavy atom. The smallest absolute Gasteiger partial charge is 0.0700 e. The van der Waals surface area contributed by atoms with Crippen molar-refractivity contribution in [2.45, 2.75) is 38.7 Å². The first kappa shape index (κ1) is 13.8. The van der Waals surface area contributed by atoms with Crippen LogP contribution in [0.3, 0.4) is 0 Å². The predicted molar refractivity (Wildman–Crippen MR) is 78.1 cm³/mol. The first-order valence-corrected chi connectivity index (χ1v) is 6.79. The molecule has 0 saturated carbocycles. The van der Waals surface area contributed by atoms with Crippen LogP contribution in [0.4, 0.5) is 0 Å². The monoisotopic (exact) mass is 255 g/mol. The van der Waals surface area contributed by atoms with Crippen LogP contribution in [0.2, 0.25) is 0 Å². The molecule has 100 valence electrons. The highest BCUT2D eigenvalue weighted by molar-refractivity contribution is 5.26. The van der Waals surface area contributed by atoms with Crippen molar-refractivity contribution in [2.24, 2.45) is 0 Å². The van der Waals surface area contributed by atoms with Crippen molar-refractivity contribution < 1.29 is 5.11 Å². The number of nitrogens with zero attached hydrogens (tertiary/aromatic N) is 1. The molecule has 0 spiro atoms. The summed E-state index contributed by atoms with van der Waals surface area (Å²) in [6, 6.07) is 12.1. The van der Waals surface area contributed by atoms with E-state index < -0.39 is 5.60 Å². The Kier molecular flexibility index (Phi) is 4.33. The molecule has 1 aromatic carbocycles. The zero-order valence-electron chi connectivity index (χ0n) is 11.6. The third-order valence-corrected chi connectivity index (χ3v) is 3.38. The van der Waals surface area contributed by atoms with Gasteiger partial charge in [0.05, 0.1) is 5.60 Å². The van der Waals surface area contributed by atoms with Crippen LogP contribution in [0.1, 0.15) is 30.5 Å². The van der Waals surface area contributed by atoms with E-state index in [0.717, 1.165) is 6.42 Å². The van der Waals surface area contributed by atoms with Gasteiger partial charge < -0.3 is 5.11 Å². The molecule has 2 heteroatoms.